The normalized spacial score (nSPS) is 12.5. The lowest BCUT2D eigenvalue weighted by Gasteiger charge is -2.14. The molecule has 0 amide bonds. The quantitative estimate of drug-likeness (QED) is 0.710. The highest BCUT2D eigenvalue weighted by atomic mass is 79.9. The minimum Gasteiger partial charge on any atom is -0.490 e. The summed E-state index contributed by atoms with van der Waals surface area (Å²) in [5, 5.41) is 2.05. The second-order valence-corrected chi connectivity index (χ2v) is 4.75. The third-order valence-corrected chi connectivity index (χ3v) is 3.69. The molecule has 1 aromatic rings. The van der Waals surface area contributed by atoms with Crippen molar-refractivity contribution in [1.29, 1.82) is 0 Å². The predicted octanol–water partition coefficient (Wildman–Crippen LogP) is 4.79. The maximum absolute atomic E-state index is 5.98. The van der Waals surface area contributed by atoms with Crippen molar-refractivity contribution in [2.75, 3.05) is 11.9 Å². The highest BCUT2D eigenvalue weighted by molar-refractivity contribution is 9.09. The van der Waals surface area contributed by atoms with Crippen LogP contribution in [0.4, 0.5) is 0 Å². The molecule has 0 heterocycles. The maximum atomic E-state index is 5.98. The Morgan fingerprint density at radius 2 is 1.93 bits per heavy atom. The third kappa shape index (κ3) is 3.86. The van der Waals surface area contributed by atoms with Gasteiger partial charge >= 0.3 is 0 Å². The van der Waals surface area contributed by atoms with Gasteiger partial charge in [0.25, 0.3) is 0 Å². The van der Waals surface area contributed by atoms with Crippen molar-refractivity contribution in [3.05, 3.63) is 28.2 Å². The fraction of sp³-hybridized carbons (Fsp3) is 0.455. The summed E-state index contributed by atoms with van der Waals surface area (Å²) < 4.78 is 5.62. The van der Waals surface area contributed by atoms with Crippen molar-refractivity contribution in [3.63, 3.8) is 0 Å². The number of alkyl halides is 1. The van der Waals surface area contributed by atoms with Crippen LogP contribution in [-0.4, -0.2) is 11.9 Å². The molecule has 0 aliphatic rings. The molecular weight excluding hydrogens is 299 g/mol. The zero-order chi connectivity index (χ0) is 11.3. The molecule has 0 radical (unpaired) electrons. The SMILES string of the molecule is CCC(CBr)COc1c(Cl)cccc1Cl. The molecule has 4 heteroatoms. The van der Waals surface area contributed by atoms with Gasteiger partial charge in [-0.3, -0.25) is 0 Å². The lowest BCUT2D eigenvalue weighted by Crippen LogP contribution is -2.12. The number of hydrogen-bond acceptors (Lipinski definition) is 1. The summed E-state index contributed by atoms with van der Waals surface area (Å²) in [5.41, 5.74) is 0. The van der Waals surface area contributed by atoms with Crippen molar-refractivity contribution in [1.82, 2.24) is 0 Å². The van der Waals surface area contributed by atoms with Crippen LogP contribution in [0.3, 0.4) is 0 Å². The number of benzene rings is 1. The van der Waals surface area contributed by atoms with E-state index in [0.29, 0.717) is 28.3 Å². The Balaban J connectivity index is 2.64. The monoisotopic (exact) mass is 310 g/mol. The van der Waals surface area contributed by atoms with Gasteiger partial charge in [0.15, 0.2) is 5.75 Å². The van der Waals surface area contributed by atoms with E-state index in [-0.39, 0.29) is 0 Å². The van der Waals surface area contributed by atoms with Crippen LogP contribution in [0.1, 0.15) is 13.3 Å². The summed E-state index contributed by atoms with van der Waals surface area (Å²) in [7, 11) is 0. The number of ether oxygens (including phenoxy) is 1. The van der Waals surface area contributed by atoms with Gasteiger partial charge in [-0.05, 0) is 18.6 Å². The van der Waals surface area contributed by atoms with Gasteiger partial charge in [-0.1, -0.05) is 52.1 Å². The standard InChI is InChI=1S/C11H13BrCl2O/c1-2-8(6-12)7-15-11-9(13)4-3-5-10(11)14/h3-5,8H,2,6-7H2,1H3. The summed E-state index contributed by atoms with van der Waals surface area (Å²) in [6.07, 6.45) is 1.06. The van der Waals surface area contributed by atoms with Gasteiger partial charge in [0, 0.05) is 11.2 Å². The Hall–Kier alpha value is 0.0800. The van der Waals surface area contributed by atoms with Gasteiger partial charge in [-0.15, -0.1) is 0 Å². The minimum absolute atomic E-state index is 0.484. The lowest BCUT2D eigenvalue weighted by atomic mass is 10.1. The van der Waals surface area contributed by atoms with Gasteiger partial charge in [0.05, 0.1) is 16.7 Å². The smallest absolute Gasteiger partial charge is 0.156 e. The van der Waals surface area contributed by atoms with Crippen molar-refractivity contribution in [2.24, 2.45) is 5.92 Å². The van der Waals surface area contributed by atoms with E-state index in [0.717, 1.165) is 11.8 Å². The Bertz CT molecular complexity index is 293. The Labute approximate surface area is 109 Å². The largest absolute Gasteiger partial charge is 0.490 e. The van der Waals surface area contributed by atoms with Crippen LogP contribution >= 0.6 is 39.1 Å². The number of rotatable bonds is 5. The summed E-state index contributed by atoms with van der Waals surface area (Å²) >= 11 is 15.4. The molecule has 1 rings (SSSR count). The zero-order valence-electron chi connectivity index (χ0n) is 8.47. The average molecular weight is 312 g/mol. The van der Waals surface area contributed by atoms with E-state index in [1.165, 1.54) is 0 Å². The van der Waals surface area contributed by atoms with Crippen LogP contribution in [0.15, 0.2) is 18.2 Å². The molecule has 0 saturated carbocycles. The van der Waals surface area contributed by atoms with Crippen LogP contribution in [0.5, 0.6) is 5.75 Å². The van der Waals surface area contributed by atoms with Crippen LogP contribution in [0, 0.1) is 5.92 Å². The highest BCUT2D eigenvalue weighted by Crippen LogP contribution is 2.32. The minimum atomic E-state index is 0.484. The number of hydrogen-bond donors (Lipinski definition) is 0. The van der Waals surface area contributed by atoms with Gasteiger partial charge in [-0.2, -0.15) is 0 Å². The van der Waals surface area contributed by atoms with E-state index in [1.807, 2.05) is 0 Å². The highest BCUT2D eigenvalue weighted by Gasteiger charge is 2.10. The first kappa shape index (κ1) is 13.1. The molecule has 15 heavy (non-hydrogen) atoms. The van der Waals surface area contributed by atoms with Gasteiger partial charge in [-0.25, -0.2) is 0 Å². The van der Waals surface area contributed by atoms with Crippen molar-refractivity contribution in [3.8, 4) is 5.75 Å². The fourth-order valence-corrected chi connectivity index (χ4v) is 2.24. The summed E-state index contributed by atoms with van der Waals surface area (Å²) in [4.78, 5) is 0. The van der Waals surface area contributed by atoms with E-state index < -0.39 is 0 Å². The Morgan fingerprint density at radius 3 is 2.40 bits per heavy atom. The molecule has 0 aromatic heterocycles. The first-order valence-corrected chi connectivity index (χ1v) is 6.69. The van der Waals surface area contributed by atoms with Crippen molar-refractivity contribution in [2.45, 2.75) is 13.3 Å². The predicted molar refractivity (Wildman–Crippen MR) is 69.5 cm³/mol. The van der Waals surface area contributed by atoms with E-state index in [9.17, 15) is 0 Å². The van der Waals surface area contributed by atoms with Crippen LogP contribution < -0.4 is 4.74 Å². The van der Waals surface area contributed by atoms with E-state index in [1.54, 1.807) is 18.2 Å². The molecule has 1 atom stereocenters. The first-order valence-electron chi connectivity index (χ1n) is 4.81. The van der Waals surface area contributed by atoms with Gasteiger partial charge < -0.3 is 4.74 Å². The van der Waals surface area contributed by atoms with E-state index >= 15 is 0 Å². The molecule has 0 aliphatic heterocycles. The van der Waals surface area contributed by atoms with E-state index in [4.69, 9.17) is 27.9 Å². The van der Waals surface area contributed by atoms with Crippen LogP contribution in [0.2, 0.25) is 10.0 Å². The molecule has 0 saturated heterocycles. The maximum Gasteiger partial charge on any atom is 0.156 e. The van der Waals surface area contributed by atoms with Crippen molar-refractivity contribution >= 4 is 39.1 Å². The molecule has 1 nitrogen and oxygen atoms in total. The molecule has 0 spiro atoms. The van der Waals surface area contributed by atoms with Crippen LogP contribution in [-0.2, 0) is 0 Å². The molecule has 84 valence electrons. The average Bonchev–Trinajstić information content (AvgIpc) is 2.23. The van der Waals surface area contributed by atoms with E-state index in [2.05, 4.69) is 22.9 Å². The molecular formula is C11H13BrCl2O. The molecule has 1 unspecified atom stereocenters. The third-order valence-electron chi connectivity index (χ3n) is 2.18. The number of para-hydroxylation sites is 1. The fourth-order valence-electron chi connectivity index (χ4n) is 1.09. The molecule has 0 N–H and O–H groups in total. The van der Waals surface area contributed by atoms with Gasteiger partial charge in [0.2, 0.25) is 0 Å². The number of halogens is 3. The molecule has 1 aromatic carbocycles. The summed E-state index contributed by atoms with van der Waals surface area (Å²) in [5.74, 6) is 1.07. The second kappa shape index (κ2) is 6.62. The second-order valence-electron chi connectivity index (χ2n) is 3.29. The summed E-state index contributed by atoms with van der Waals surface area (Å²) in [6.45, 7) is 2.76. The Morgan fingerprint density at radius 1 is 1.33 bits per heavy atom. The van der Waals surface area contributed by atoms with Gasteiger partial charge in [0.1, 0.15) is 0 Å². The zero-order valence-corrected chi connectivity index (χ0v) is 11.6. The lowest BCUT2D eigenvalue weighted by molar-refractivity contribution is 0.260. The first-order chi connectivity index (χ1) is 7.19. The molecule has 0 fully saturated rings. The summed E-state index contributed by atoms with van der Waals surface area (Å²) in [6, 6.07) is 5.36. The van der Waals surface area contributed by atoms with Crippen molar-refractivity contribution < 1.29 is 4.74 Å². The topological polar surface area (TPSA) is 9.23 Å². The van der Waals surface area contributed by atoms with Crippen LogP contribution in [0.25, 0.3) is 0 Å². The Kier molecular flexibility index (Phi) is 5.80. The molecule has 0 bridgehead atoms. The molecule has 0 aliphatic carbocycles.